The van der Waals surface area contributed by atoms with Crippen molar-refractivity contribution in [2.24, 2.45) is 28.7 Å². The van der Waals surface area contributed by atoms with E-state index in [1.165, 1.54) is 41.8 Å². The lowest BCUT2D eigenvalue weighted by Gasteiger charge is -2.50. The van der Waals surface area contributed by atoms with Crippen LogP contribution in [0.3, 0.4) is 0 Å². The Bertz CT molecular complexity index is 3140. The molecule has 3 saturated carbocycles. The van der Waals surface area contributed by atoms with Crippen LogP contribution in [-0.4, -0.2) is 119 Å². The van der Waals surface area contributed by atoms with Gasteiger partial charge in [-0.2, -0.15) is 0 Å². The second-order valence-corrected chi connectivity index (χ2v) is 20.2. The van der Waals surface area contributed by atoms with Crippen molar-refractivity contribution < 1.29 is 57.5 Å². The predicted octanol–water partition coefficient (Wildman–Crippen LogP) is 4.15. The Kier molecular flexibility index (Phi) is 11.1. The number of benzene rings is 3. The van der Waals surface area contributed by atoms with Crippen molar-refractivity contribution in [2.75, 3.05) is 51.1 Å². The number of nitrogens with two attached hydrogens (primary N) is 2. The van der Waals surface area contributed by atoms with Gasteiger partial charge in [-0.05, 0) is 69.5 Å². The molecule has 20 heteroatoms. The Labute approximate surface area is 403 Å². The van der Waals surface area contributed by atoms with Crippen molar-refractivity contribution in [3.05, 3.63) is 115 Å². The first-order valence-corrected chi connectivity index (χ1v) is 23.2. The number of aromatic nitrogens is 1. The lowest BCUT2D eigenvalue weighted by Crippen LogP contribution is -2.65. The number of pyridine rings is 1. The molecular formula is C50H49ClF2N6O11. The first-order chi connectivity index (χ1) is 33.1. The highest BCUT2D eigenvalue weighted by Crippen LogP contribution is 2.56. The Morgan fingerprint density at radius 1 is 1.01 bits per heavy atom. The number of primary amides is 1. The van der Waals surface area contributed by atoms with E-state index in [1.807, 2.05) is 0 Å². The van der Waals surface area contributed by atoms with Gasteiger partial charge >= 0.3 is 11.9 Å². The van der Waals surface area contributed by atoms with Crippen LogP contribution in [0.15, 0.2) is 76.4 Å². The number of ketones is 2. The summed E-state index contributed by atoms with van der Waals surface area (Å²) in [6.07, 6.45) is -0.557. The number of anilines is 2. The van der Waals surface area contributed by atoms with Gasteiger partial charge in [0.25, 0.3) is 5.91 Å². The minimum atomic E-state index is -2.88. The van der Waals surface area contributed by atoms with E-state index in [1.54, 1.807) is 48.2 Å². The molecule has 5 aliphatic carbocycles. The minimum Gasteiger partial charge on any atom is -0.508 e. The molecule has 4 aromatic rings. The van der Waals surface area contributed by atoms with Gasteiger partial charge in [0, 0.05) is 74.0 Å². The number of hydrogen-bond acceptors (Lipinski definition) is 15. The van der Waals surface area contributed by atoms with Crippen LogP contribution >= 0.6 is 11.6 Å². The van der Waals surface area contributed by atoms with Crippen molar-refractivity contribution in [1.82, 2.24) is 9.47 Å². The summed E-state index contributed by atoms with van der Waals surface area (Å²) in [5, 5.41) is 35.2. The molecule has 1 aliphatic heterocycles. The molecule has 4 fully saturated rings. The molecule has 3 aromatic carbocycles. The van der Waals surface area contributed by atoms with Crippen LogP contribution in [0.2, 0.25) is 5.02 Å². The van der Waals surface area contributed by atoms with Gasteiger partial charge in [0.05, 0.1) is 39.3 Å². The normalized spacial score (nSPS) is 26.8. The number of aliphatic hydroxyl groups excluding tert-OH is 2. The van der Waals surface area contributed by atoms with E-state index in [0.717, 1.165) is 25.1 Å². The summed E-state index contributed by atoms with van der Waals surface area (Å²) in [7, 11) is 6.44. The van der Waals surface area contributed by atoms with Gasteiger partial charge in [0.15, 0.2) is 11.4 Å². The quantitative estimate of drug-likeness (QED) is 0.0851. The third kappa shape index (κ3) is 7.02. The molecule has 10 rings (SSSR count). The van der Waals surface area contributed by atoms with Crippen LogP contribution in [0.25, 0.3) is 16.7 Å². The summed E-state index contributed by atoms with van der Waals surface area (Å²) in [6, 6.07) is 9.14. The average Bonchev–Trinajstić information content (AvgIpc) is 4.22. The number of carbonyl (C=O) groups is 5. The van der Waals surface area contributed by atoms with E-state index in [-0.39, 0.29) is 74.8 Å². The molecule has 1 saturated heterocycles. The van der Waals surface area contributed by atoms with E-state index >= 15 is 4.39 Å². The molecule has 2 unspecified atom stereocenters. The monoisotopic (exact) mass is 982 g/mol. The maximum Gasteiger partial charge on any atom is 0.357 e. The molecule has 8 atom stereocenters. The number of nitrogens with zero attached hydrogens (tertiary/aromatic N) is 4. The Morgan fingerprint density at radius 2 is 1.70 bits per heavy atom. The molecule has 0 radical (unpaired) electrons. The first-order valence-electron chi connectivity index (χ1n) is 22.8. The van der Waals surface area contributed by atoms with E-state index < -0.39 is 105 Å². The van der Waals surface area contributed by atoms with Gasteiger partial charge in [-0.3, -0.25) is 24.1 Å². The number of fused-ring (bicyclic) bond motifs is 4. The Morgan fingerprint density at radius 3 is 2.30 bits per heavy atom. The number of aliphatic hydroxyl groups is 3. The van der Waals surface area contributed by atoms with E-state index in [0.29, 0.717) is 24.3 Å². The van der Waals surface area contributed by atoms with E-state index in [2.05, 4.69) is 0 Å². The van der Waals surface area contributed by atoms with Crippen LogP contribution in [0, 0.1) is 23.1 Å². The van der Waals surface area contributed by atoms with Crippen molar-refractivity contribution in [2.45, 2.75) is 68.1 Å². The number of amides is 1. The predicted molar refractivity (Wildman–Crippen MR) is 251 cm³/mol. The number of carbonyl (C=O) groups excluding carboxylic acids is 5. The largest absolute Gasteiger partial charge is 0.508 e. The van der Waals surface area contributed by atoms with E-state index in [4.69, 9.17) is 32.5 Å². The molecule has 0 bridgehead atoms. The summed E-state index contributed by atoms with van der Waals surface area (Å²) >= 11 is 6.94. The molecular weight excluding hydrogens is 934 g/mol. The molecule has 70 heavy (non-hydrogen) atoms. The van der Waals surface area contributed by atoms with Gasteiger partial charge in [0.2, 0.25) is 17.3 Å². The topological polar surface area (TPSA) is 248 Å². The van der Waals surface area contributed by atoms with Crippen LogP contribution in [0.1, 0.15) is 64.9 Å². The SMILES string of the molecule is CN(C)c1ccc(OC(=O)C(OC(=O)c2cn(C3C[C@@H]3F)c3c(Cl)c(N4C[C@@H](N)C5(CC5)C4)c(F)cc3c2=O)c2ccccc2)c2c1C[C@@H]1C[C@@H]3[C@@H](N(C)C)C(=O)C(C(N)=O)=C(O)[C@]3(O)C(=O)C1=C2O. The van der Waals surface area contributed by atoms with Crippen molar-refractivity contribution in [3.8, 4) is 5.75 Å². The van der Waals surface area contributed by atoms with Crippen LogP contribution in [-0.2, 0) is 30.3 Å². The fourth-order valence-corrected chi connectivity index (χ4v) is 11.8. The van der Waals surface area contributed by atoms with Gasteiger partial charge in [0.1, 0.15) is 40.4 Å². The number of rotatable bonds is 10. The Balaban J connectivity index is 1.03. The van der Waals surface area contributed by atoms with Crippen molar-refractivity contribution in [3.63, 3.8) is 0 Å². The van der Waals surface area contributed by atoms with Gasteiger partial charge in [-0.15, -0.1) is 0 Å². The third-order valence-electron chi connectivity index (χ3n) is 15.2. The third-order valence-corrected chi connectivity index (χ3v) is 15.5. The summed E-state index contributed by atoms with van der Waals surface area (Å²) in [5.74, 6) is -11.3. The van der Waals surface area contributed by atoms with Crippen molar-refractivity contribution >= 4 is 69.1 Å². The zero-order chi connectivity index (χ0) is 50.2. The zero-order valence-electron chi connectivity index (χ0n) is 38.4. The standard InChI is InChI=1S/C50H49ClF2N6O11/c1-56(2)29-10-11-31(34-23(29)14-22-15-26-38(57(3)4)42(62)35(46(55)65)45(64)50(26,68)44(63)33(22)41(34)61)69-48(67)43(21-8-6-5-7-9-21)70-47(66)25-18-59(30-17-27(30)52)37-24(40(25)60)16-28(53)39(36(37)51)58-19-32(54)49(20-58)12-13-49/h5-11,16,18,22,26-27,30,32,38,43,61,64,68H,12-15,17,19-20,54H2,1-4H3,(H2,55,65)/t22-,26-,27+,30?,32-,38-,43?,50-/m1/s1. The molecule has 2 heterocycles. The molecule has 6 aliphatic rings. The molecule has 366 valence electrons. The highest BCUT2D eigenvalue weighted by Gasteiger charge is 2.64. The Hall–Kier alpha value is -6.67. The molecule has 7 N–H and O–H groups in total. The van der Waals surface area contributed by atoms with Crippen LogP contribution < -0.4 is 31.4 Å². The molecule has 17 nitrogen and oxygen atoms in total. The maximum atomic E-state index is 16.2. The van der Waals surface area contributed by atoms with Crippen LogP contribution in [0.5, 0.6) is 5.75 Å². The first kappa shape index (κ1) is 47.0. The highest BCUT2D eigenvalue weighted by atomic mass is 35.5. The number of ether oxygens (including phenoxy) is 2. The number of likely N-dealkylation sites (N-methyl/N-ethyl adjacent to an activating group) is 1. The lowest BCUT2D eigenvalue weighted by atomic mass is 9.57. The number of alkyl halides is 1. The zero-order valence-corrected chi connectivity index (χ0v) is 39.1. The lowest BCUT2D eigenvalue weighted by molar-refractivity contribution is -0.153. The number of hydrogen-bond donors (Lipinski definition) is 5. The number of halogens is 3. The smallest absolute Gasteiger partial charge is 0.357 e. The second-order valence-electron chi connectivity index (χ2n) is 19.8. The fraction of sp³-hybridized carbons (Fsp3) is 0.400. The fourth-order valence-electron chi connectivity index (χ4n) is 11.4. The highest BCUT2D eigenvalue weighted by molar-refractivity contribution is 6.38. The average molecular weight is 983 g/mol. The summed E-state index contributed by atoms with van der Waals surface area (Å²) < 4.78 is 44.3. The van der Waals surface area contributed by atoms with Gasteiger partial charge in [-0.1, -0.05) is 41.9 Å². The maximum absolute atomic E-state index is 16.2. The second kappa shape index (κ2) is 16.5. The summed E-state index contributed by atoms with van der Waals surface area (Å²) in [4.78, 5) is 88.7. The van der Waals surface area contributed by atoms with Gasteiger partial charge < -0.3 is 50.6 Å². The summed E-state index contributed by atoms with van der Waals surface area (Å²) in [5.41, 5.74) is 6.77. The van der Waals surface area contributed by atoms with E-state index in [9.17, 15) is 48.5 Å². The number of esters is 2. The van der Waals surface area contributed by atoms with Crippen molar-refractivity contribution in [1.29, 1.82) is 0 Å². The van der Waals surface area contributed by atoms with Crippen LogP contribution in [0.4, 0.5) is 20.2 Å². The summed E-state index contributed by atoms with van der Waals surface area (Å²) in [6.45, 7) is 0.758. The molecule has 1 aromatic heterocycles. The van der Waals surface area contributed by atoms with Gasteiger partial charge in [-0.25, -0.2) is 18.4 Å². The minimum absolute atomic E-state index is 0.00202. The molecule has 1 spiro atoms. The molecule has 1 amide bonds. The number of Topliss-reactive ketones (excluding diaryl/α,β-unsaturated/α-hetero) is 2.